The van der Waals surface area contributed by atoms with Crippen molar-refractivity contribution in [3.8, 4) is 0 Å². The molecule has 0 aliphatic rings. The van der Waals surface area contributed by atoms with Gasteiger partial charge in [0, 0.05) is 6.42 Å². The zero-order chi connectivity index (χ0) is 34.1. The van der Waals surface area contributed by atoms with E-state index < -0.39 is 5.97 Å². The van der Waals surface area contributed by atoms with Crippen molar-refractivity contribution >= 4 is 11.8 Å². The Bertz CT molecular complexity index is 615. The van der Waals surface area contributed by atoms with Crippen molar-refractivity contribution in [3.63, 3.8) is 0 Å². The highest BCUT2D eigenvalue weighted by atomic mass is 16.5. The molecular formula is C44H86O3. The first-order valence-corrected chi connectivity index (χ1v) is 21.9. The van der Waals surface area contributed by atoms with Crippen LogP contribution in [0.3, 0.4) is 0 Å². The van der Waals surface area contributed by atoms with Crippen LogP contribution in [0, 0.1) is 0 Å². The number of unbranched alkanes of at least 4 members (excludes halogenated alkanes) is 36. The van der Waals surface area contributed by atoms with Crippen molar-refractivity contribution in [2.75, 3.05) is 6.61 Å². The van der Waals surface area contributed by atoms with Crippen molar-refractivity contribution in [1.82, 2.24) is 0 Å². The van der Waals surface area contributed by atoms with Gasteiger partial charge in [0.25, 0.3) is 0 Å². The number of ketones is 1. The zero-order valence-electron chi connectivity index (χ0n) is 32.5. The molecule has 0 aromatic heterocycles. The number of rotatable bonds is 41. The van der Waals surface area contributed by atoms with Crippen LogP contribution < -0.4 is 0 Å². The Morgan fingerprint density at radius 2 is 0.511 bits per heavy atom. The first-order chi connectivity index (χ1) is 23.2. The number of carbonyl (C=O) groups excluding carboxylic acids is 2. The molecule has 0 rings (SSSR count). The van der Waals surface area contributed by atoms with Gasteiger partial charge in [-0.05, 0) is 12.8 Å². The maximum absolute atomic E-state index is 12.1. The Labute approximate surface area is 296 Å². The molecule has 0 heterocycles. The van der Waals surface area contributed by atoms with E-state index in [0.717, 1.165) is 25.7 Å². The fourth-order valence-corrected chi connectivity index (χ4v) is 6.89. The summed E-state index contributed by atoms with van der Waals surface area (Å²) in [5, 5.41) is 0. The Hall–Kier alpha value is -0.860. The molecule has 0 aromatic rings. The van der Waals surface area contributed by atoms with Crippen LogP contribution in [0.25, 0.3) is 0 Å². The molecule has 0 bridgehead atoms. The second kappa shape index (κ2) is 41.3. The summed E-state index contributed by atoms with van der Waals surface area (Å²) in [5.41, 5.74) is 0. The van der Waals surface area contributed by atoms with Gasteiger partial charge in [0.15, 0.2) is 0 Å². The number of hydrogen-bond donors (Lipinski definition) is 0. The summed E-state index contributed by atoms with van der Waals surface area (Å²) >= 11 is 0. The predicted octanol–water partition coefficient (Wildman–Crippen LogP) is 15.4. The molecule has 3 heteroatoms. The number of esters is 1. The van der Waals surface area contributed by atoms with E-state index in [1.54, 1.807) is 0 Å². The van der Waals surface area contributed by atoms with Crippen molar-refractivity contribution < 1.29 is 14.3 Å². The predicted molar refractivity (Wildman–Crippen MR) is 207 cm³/mol. The van der Waals surface area contributed by atoms with Gasteiger partial charge in [0.05, 0.1) is 6.61 Å². The third-order valence-corrected chi connectivity index (χ3v) is 10.2. The normalized spacial score (nSPS) is 11.4. The van der Waals surface area contributed by atoms with E-state index in [-0.39, 0.29) is 5.78 Å². The van der Waals surface area contributed by atoms with Crippen LogP contribution in [0.5, 0.6) is 0 Å². The van der Waals surface area contributed by atoms with Gasteiger partial charge in [0.1, 0.15) is 0 Å². The summed E-state index contributed by atoms with van der Waals surface area (Å²) in [6, 6.07) is 0. The van der Waals surface area contributed by atoms with E-state index in [0.29, 0.717) is 13.0 Å². The fraction of sp³-hybridized carbons (Fsp3) is 0.955. The van der Waals surface area contributed by atoms with Gasteiger partial charge in [0.2, 0.25) is 5.78 Å². The number of Topliss-reactive ketones (excluding diaryl/α,β-unsaturated/α-hetero) is 1. The lowest BCUT2D eigenvalue weighted by atomic mass is 10.0. The van der Waals surface area contributed by atoms with Crippen LogP contribution >= 0.6 is 0 Å². The van der Waals surface area contributed by atoms with Crippen LogP contribution in [0.15, 0.2) is 0 Å². The molecule has 0 N–H and O–H groups in total. The molecule has 0 aliphatic heterocycles. The molecule has 280 valence electrons. The van der Waals surface area contributed by atoms with E-state index in [1.165, 1.54) is 218 Å². The second-order valence-corrected chi connectivity index (χ2v) is 15.0. The van der Waals surface area contributed by atoms with Crippen LogP contribution in [-0.4, -0.2) is 18.4 Å². The van der Waals surface area contributed by atoms with E-state index in [2.05, 4.69) is 13.8 Å². The highest BCUT2D eigenvalue weighted by molar-refractivity contribution is 6.33. The highest BCUT2D eigenvalue weighted by Crippen LogP contribution is 2.16. The van der Waals surface area contributed by atoms with Gasteiger partial charge in [-0.15, -0.1) is 0 Å². The Morgan fingerprint density at radius 1 is 0.298 bits per heavy atom. The lowest BCUT2D eigenvalue weighted by molar-refractivity contribution is -0.154. The number of hydrogen-bond acceptors (Lipinski definition) is 3. The summed E-state index contributed by atoms with van der Waals surface area (Å²) in [6.45, 7) is 4.98. The van der Waals surface area contributed by atoms with Gasteiger partial charge in [-0.25, -0.2) is 4.79 Å². The van der Waals surface area contributed by atoms with Crippen LogP contribution in [0.2, 0.25) is 0 Å². The number of ether oxygens (including phenoxy) is 1. The minimum absolute atomic E-state index is 0.324. The summed E-state index contributed by atoms with van der Waals surface area (Å²) in [6.07, 6.45) is 51.5. The van der Waals surface area contributed by atoms with Crippen LogP contribution in [0.4, 0.5) is 0 Å². The van der Waals surface area contributed by atoms with Gasteiger partial charge >= 0.3 is 5.97 Å². The van der Waals surface area contributed by atoms with E-state index in [4.69, 9.17) is 4.74 Å². The average molecular weight is 663 g/mol. The average Bonchev–Trinajstić information content (AvgIpc) is 3.08. The molecule has 0 aromatic carbocycles. The Kier molecular flexibility index (Phi) is 40.6. The van der Waals surface area contributed by atoms with Gasteiger partial charge in [-0.2, -0.15) is 0 Å². The SMILES string of the molecule is CCCCCCCCCCCCCCCCCCCCCCOC(=O)C(=O)CCCCCCCCCCCCCCCCCCCC. The Balaban J connectivity index is 3.25. The van der Waals surface area contributed by atoms with E-state index in [1.807, 2.05) is 0 Å². The molecule has 0 aliphatic carbocycles. The first-order valence-electron chi connectivity index (χ1n) is 21.9. The minimum Gasteiger partial charge on any atom is -0.460 e. The summed E-state index contributed by atoms with van der Waals surface area (Å²) in [5.74, 6) is -0.926. The molecule has 0 spiro atoms. The molecule has 0 unspecified atom stereocenters. The molecule has 3 nitrogen and oxygen atoms in total. The summed E-state index contributed by atoms with van der Waals surface area (Å²) in [7, 11) is 0. The molecule has 0 radical (unpaired) electrons. The lowest BCUT2D eigenvalue weighted by Gasteiger charge is -2.05. The largest absolute Gasteiger partial charge is 0.460 e. The third-order valence-electron chi connectivity index (χ3n) is 10.2. The van der Waals surface area contributed by atoms with Gasteiger partial charge < -0.3 is 4.74 Å². The molecule has 0 amide bonds. The van der Waals surface area contributed by atoms with Crippen LogP contribution in [0.1, 0.15) is 264 Å². The third kappa shape index (κ3) is 39.5. The first kappa shape index (κ1) is 46.1. The van der Waals surface area contributed by atoms with E-state index >= 15 is 0 Å². The second-order valence-electron chi connectivity index (χ2n) is 15.0. The summed E-state index contributed by atoms with van der Waals surface area (Å²) in [4.78, 5) is 24.1. The quantitative estimate of drug-likeness (QED) is 0.0372. The fourth-order valence-electron chi connectivity index (χ4n) is 6.89. The zero-order valence-corrected chi connectivity index (χ0v) is 32.5. The summed E-state index contributed by atoms with van der Waals surface area (Å²) < 4.78 is 5.24. The van der Waals surface area contributed by atoms with Crippen molar-refractivity contribution in [2.24, 2.45) is 0 Å². The monoisotopic (exact) mass is 663 g/mol. The highest BCUT2D eigenvalue weighted by Gasteiger charge is 2.14. The Morgan fingerprint density at radius 3 is 0.766 bits per heavy atom. The van der Waals surface area contributed by atoms with Gasteiger partial charge in [-0.3, -0.25) is 4.79 Å². The standard InChI is InChI=1S/C44H86O3/c1-3-5-7-9-11-13-15-17-19-21-23-24-26-28-30-32-34-36-38-40-42-47-44(46)43(45)41-39-37-35-33-31-29-27-25-22-20-18-16-14-12-10-8-6-4-2/h3-42H2,1-2H3. The topological polar surface area (TPSA) is 43.4 Å². The van der Waals surface area contributed by atoms with Crippen molar-refractivity contribution in [1.29, 1.82) is 0 Å². The molecule has 0 fully saturated rings. The molecule has 47 heavy (non-hydrogen) atoms. The minimum atomic E-state index is -0.602. The maximum Gasteiger partial charge on any atom is 0.374 e. The molecule has 0 saturated heterocycles. The lowest BCUT2D eigenvalue weighted by Crippen LogP contribution is -2.17. The molecular weight excluding hydrogens is 576 g/mol. The maximum atomic E-state index is 12.1. The van der Waals surface area contributed by atoms with Crippen molar-refractivity contribution in [2.45, 2.75) is 264 Å². The van der Waals surface area contributed by atoms with Gasteiger partial charge in [-0.1, -0.05) is 245 Å². The smallest absolute Gasteiger partial charge is 0.374 e. The van der Waals surface area contributed by atoms with E-state index in [9.17, 15) is 9.59 Å². The van der Waals surface area contributed by atoms with Crippen LogP contribution in [-0.2, 0) is 14.3 Å². The molecule has 0 atom stereocenters. The van der Waals surface area contributed by atoms with Crippen molar-refractivity contribution in [3.05, 3.63) is 0 Å². The molecule has 0 saturated carbocycles. The number of carbonyl (C=O) groups is 2.